The van der Waals surface area contributed by atoms with E-state index in [0.717, 1.165) is 25.7 Å². The van der Waals surface area contributed by atoms with Crippen molar-refractivity contribution < 1.29 is 8.42 Å². The Morgan fingerprint density at radius 2 is 2.00 bits per heavy atom. The summed E-state index contributed by atoms with van der Waals surface area (Å²) in [4.78, 5) is 0. The predicted octanol–water partition coefficient (Wildman–Crippen LogP) is 1.36. The summed E-state index contributed by atoms with van der Waals surface area (Å²) < 4.78 is 22.4. The van der Waals surface area contributed by atoms with Gasteiger partial charge in [0.15, 0.2) is 9.84 Å². The predicted molar refractivity (Wildman–Crippen MR) is 41.7 cm³/mol. The monoisotopic (exact) mass is 162 g/mol. The summed E-state index contributed by atoms with van der Waals surface area (Å²) >= 11 is 0. The van der Waals surface area contributed by atoms with Gasteiger partial charge < -0.3 is 0 Å². The van der Waals surface area contributed by atoms with Gasteiger partial charge in [0.1, 0.15) is 0 Å². The van der Waals surface area contributed by atoms with Crippen LogP contribution in [0.3, 0.4) is 0 Å². The van der Waals surface area contributed by atoms with Gasteiger partial charge in [-0.05, 0) is 19.3 Å². The molecule has 0 bridgehead atoms. The fourth-order valence-electron chi connectivity index (χ4n) is 1.18. The molecule has 0 radical (unpaired) electrons. The van der Waals surface area contributed by atoms with Crippen LogP contribution in [-0.4, -0.2) is 19.4 Å². The second-order valence-electron chi connectivity index (χ2n) is 2.92. The molecular formula is C7H14O2S. The largest absolute Gasteiger partial charge is 0.229 e. The summed E-state index contributed by atoms with van der Waals surface area (Å²) in [7, 11) is -2.67. The van der Waals surface area contributed by atoms with E-state index >= 15 is 0 Å². The molecule has 1 saturated carbocycles. The van der Waals surface area contributed by atoms with Crippen LogP contribution in [0.25, 0.3) is 0 Å². The molecule has 0 N–H and O–H groups in total. The van der Waals surface area contributed by atoms with Crippen LogP contribution in [0.2, 0.25) is 0 Å². The third-order valence-corrected chi connectivity index (χ3v) is 4.51. The molecule has 0 amide bonds. The van der Waals surface area contributed by atoms with Crippen LogP contribution in [0, 0.1) is 0 Å². The maximum atomic E-state index is 11.2. The molecule has 1 aliphatic carbocycles. The van der Waals surface area contributed by atoms with E-state index in [-0.39, 0.29) is 5.25 Å². The quantitative estimate of drug-likeness (QED) is 0.628. The van der Waals surface area contributed by atoms with Gasteiger partial charge in [0.25, 0.3) is 0 Å². The zero-order valence-electron chi connectivity index (χ0n) is 6.34. The van der Waals surface area contributed by atoms with E-state index in [2.05, 4.69) is 0 Å². The number of sulfone groups is 1. The Balaban J connectivity index is 2.50. The van der Waals surface area contributed by atoms with Crippen molar-refractivity contribution in [2.24, 2.45) is 0 Å². The van der Waals surface area contributed by atoms with Crippen LogP contribution < -0.4 is 0 Å². The molecule has 0 heterocycles. The number of hydrogen-bond donors (Lipinski definition) is 0. The molecule has 0 atom stereocenters. The normalized spacial score (nSPS) is 20.5. The Morgan fingerprint density at radius 3 is 2.30 bits per heavy atom. The minimum absolute atomic E-state index is 0.0208. The third-order valence-electron chi connectivity index (χ3n) is 2.05. The molecule has 0 aliphatic heterocycles. The Bertz CT molecular complexity index is 190. The zero-order valence-corrected chi connectivity index (χ0v) is 7.15. The highest BCUT2D eigenvalue weighted by molar-refractivity contribution is 7.92. The molecule has 0 saturated heterocycles. The SMILES string of the molecule is CCCS(=O)(=O)C1CCC1. The van der Waals surface area contributed by atoms with Crippen LogP contribution in [0.5, 0.6) is 0 Å². The lowest BCUT2D eigenvalue weighted by Crippen LogP contribution is -2.30. The van der Waals surface area contributed by atoms with E-state index in [1.165, 1.54) is 0 Å². The topological polar surface area (TPSA) is 34.1 Å². The van der Waals surface area contributed by atoms with Crippen molar-refractivity contribution in [2.75, 3.05) is 5.75 Å². The van der Waals surface area contributed by atoms with Gasteiger partial charge in [-0.15, -0.1) is 0 Å². The summed E-state index contributed by atoms with van der Waals surface area (Å²) in [6.07, 6.45) is 3.68. The van der Waals surface area contributed by atoms with Gasteiger partial charge in [0, 0.05) is 0 Å². The maximum absolute atomic E-state index is 11.2. The van der Waals surface area contributed by atoms with Crippen molar-refractivity contribution in [2.45, 2.75) is 37.9 Å². The summed E-state index contributed by atoms with van der Waals surface area (Å²) in [6.45, 7) is 1.91. The van der Waals surface area contributed by atoms with Gasteiger partial charge in [-0.1, -0.05) is 13.3 Å². The molecule has 1 fully saturated rings. The second kappa shape index (κ2) is 2.91. The molecule has 60 valence electrons. The summed E-state index contributed by atoms with van der Waals surface area (Å²) in [5, 5.41) is 0.0208. The van der Waals surface area contributed by atoms with Crippen molar-refractivity contribution in [1.82, 2.24) is 0 Å². The first-order valence-electron chi connectivity index (χ1n) is 3.88. The smallest absolute Gasteiger partial charge is 0.153 e. The minimum Gasteiger partial charge on any atom is -0.229 e. The highest BCUT2D eigenvalue weighted by Crippen LogP contribution is 2.26. The Labute approximate surface area is 62.5 Å². The van der Waals surface area contributed by atoms with Crippen molar-refractivity contribution >= 4 is 9.84 Å². The average molecular weight is 162 g/mol. The van der Waals surface area contributed by atoms with Crippen molar-refractivity contribution in [1.29, 1.82) is 0 Å². The van der Waals surface area contributed by atoms with E-state index in [1.807, 2.05) is 6.92 Å². The molecule has 2 nitrogen and oxygen atoms in total. The van der Waals surface area contributed by atoms with Crippen LogP contribution in [-0.2, 0) is 9.84 Å². The fraction of sp³-hybridized carbons (Fsp3) is 1.00. The van der Waals surface area contributed by atoms with Gasteiger partial charge in [-0.3, -0.25) is 0 Å². The lowest BCUT2D eigenvalue weighted by Gasteiger charge is -2.24. The van der Waals surface area contributed by atoms with E-state index in [1.54, 1.807) is 0 Å². The fourth-order valence-corrected chi connectivity index (χ4v) is 3.14. The molecule has 10 heavy (non-hydrogen) atoms. The van der Waals surface area contributed by atoms with Crippen LogP contribution >= 0.6 is 0 Å². The molecule has 1 aliphatic rings. The lowest BCUT2D eigenvalue weighted by atomic mass is 10.0. The van der Waals surface area contributed by atoms with Crippen LogP contribution in [0.4, 0.5) is 0 Å². The molecule has 0 spiro atoms. The Morgan fingerprint density at radius 1 is 1.40 bits per heavy atom. The van der Waals surface area contributed by atoms with Gasteiger partial charge in [-0.25, -0.2) is 8.42 Å². The first-order valence-corrected chi connectivity index (χ1v) is 5.60. The summed E-state index contributed by atoms with van der Waals surface area (Å²) in [6, 6.07) is 0. The van der Waals surface area contributed by atoms with Gasteiger partial charge in [0.2, 0.25) is 0 Å². The second-order valence-corrected chi connectivity index (χ2v) is 5.32. The lowest BCUT2D eigenvalue weighted by molar-refractivity contribution is 0.476. The Hall–Kier alpha value is -0.0500. The molecule has 0 aromatic carbocycles. The van der Waals surface area contributed by atoms with Crippen molar-refractivity contribution in [3.63, 3.8) is 0 Å². The first-order chi connectivity index (χ1) is 4.67. The van der Waals surface area contributed by atoms with Crippen LogP contribution in [0.15, 0.2) is 0 Å². The number of rotatable bonds is 3. The van der Waals surface area contributed by atoms with Crippen LogP contribution in [0.1, 0.15) is 32.6 Å². The number of hydrogen-bond acceptors (Lipinski definition) is 2. The summed E-state index contributed by atoms with van der Waals surface area (Å²) in [5.74, 6) is 0.387. The standard InChI is InChI=1S/C7H14O2S/c1-2-6-10(8,9)7-4-3-5-7/h7H,2-6H2,1H3. The van der Waals surface area contributed by atoms with Gasteiger partial charge in [-0.2, -0.15) is 0 Å². The van der Waals surface area contributed by atoms with E-state index in [4.69, 9.17) is 0 Å². The third kappa shape index (κ3) is 1.51. The Kier molecular flexibility index (Phi) is 2.34. The van der Waals surface area contributed by atoms with E-state index in [9.17, 15) is 8.42 Å². The van der Waals surface area contributed by atoms with Gasteiger partial charge in [0.05, 0.1) is 11.0 Å². The minimum atomic E-state index is -2.67. The summed E-state index contributed by atoms with van der Waals surface area (Å²) in [5.41, 5.74) is 0. The maximum Gasteiger partial charge on any atom is 0.153 e. The van der Waals surface area contributed by atoms with Crippen molar-refractivity contribution in [3.8, 4) is 0 Å². The highest BCUT2D eigenvalue weighted by atomic mass is 32.2. The molecule has 1 rings (SSSR count). The molecule has 0 aromatic heterocycles. The van der Waals surface area contributed by atoms with E-state index in [0.29, 0.717) is 5.75 Å². The molecule has 3 heteroatoms. The molecule has 0 aromatic rings. The van der Waals surface area contributed by atoms with Crippen molar-refractivity contribution in [3.05, 3.63) is 0 Å². The van der Waals surface area contributed by atoms with Gasteiger partial charge >= 0.3 is 0 Å². The van der Waals surface area contributed by atoms with E-state index < -0.39 is 9.84 Å². The zero-order chi connectivity index (χ0) is 7.61. The molecular weight excluding hydrogens is 148 g/mol. The first kappa shape index (κ1) is 8.05. The average Bonchev–Trinajstić information content (AvgIpc) is 1.56. The highest BCUT2D eigenvalue weighted by Gasteiger charge is 2.29. The molecule has 0 unspecified atom stereocenters.